The Morgan fingerprint density at radius 1 is 1.40 bits per heavy atom. The molecule has 0 saturated carbocycles. The zero-order valence-electron chi connectivity index (χ0n) is 15.1. The molecule has 1 aromatic heterocycles. The normalized spacial score (nSPS) is 18.5. The van der Waals surface area contributed by atoms with E-state index >= 15 is 0 Å². The predicted molar refractivity (Wildman–Crippen MR) is 110 cm³/mol. The second kappa shape index (κ2) is 11.3. The summed E-state index contributed by atoms with van der Waals surface area (Å²) in [6, 6.07) is 4.02. The van der Waals surface area contributed by atoms with Crippen LogP contribution in [-0.4, -0.2) is 49.5 Å². The van der Waals surface area contributed by atoms with E-state index < -0.39 is 5.91 Å². The molecule has 1 fully saturated rings. The number of nitrogens with zero attached hydrogens (tertiary/aromatic N) is 2. The topological polar surface area (TPSA) is 95.9 Å². The highest BCUT2D eigenvalue weighted by Crippen LogP contribution is 2.16. The van der Waals surface area contributed by atoms with Crippen molar-refractivity contribution in [2.45, 2.75) is 45.2 Å². The minimum Gasteiger partial charge on any atom is -0.454 e. The van der Waals surface area contributed by atoms with Crippen molar-refractivity contribution >= 4 is 35.8 Å². The Labute approximate surface area is 166 Å². The van der Waals surface area contributed by atoms with Crippen LogP contribution in [0.25, 0.3) is 0 Å². The number of guanidine groups is 1. The van der Waals surface area contributed by atoms with E-state index in [-0.39, 0.29) is 29.7 Å². The molecular formula is C17H30IN5O2. The second-order valence-electron chi connectivity index (χ2n) is 6.22. The molecule has 2 rings (SSSR count). The Morgan fingerprint density at radius 2 is 2.20 bits per heavy atom. The van der Waals surface area contributed by atoms with Gasteiger partial charge in [-0.3, -0.25) is 9.79 Å². The summed E-state index contributed by atoms with van der Waals surface area (Å²) in [7, 11) is 1.74. The molecule has 1 aromatic rings. The molecule has 142 valence electrons. The van der Waals surface area contributed by atoms with E-state index in [2.05, 4.69) is 27.4 Å². The number of nitrogens with two attached hydrogens (primary N) is 1. The van der Waals surface area contributed by atoms with E-state index in [9.17, 15) is 4.79 Å². The molecule has 1 aliphatic rings. The van der Waals surface area contributed by atoms with Crippen LogP contribution in [0, 0.1) is 0 Å². The SMILES string of the molecule is CN=C(NCCCN1CCCCC1C)NCc1ccc(C(N)=O)o1.I. The number of carbonyl (C=O) groups excluding carboxylic acids is 1. The lowest BCUT2D eigenvalue weighted by Gasteiger charge is -2.33. The summed E-state index contributed by atoms with van der Waals surface area (Å²) in [5.41, 5.74) is 5.17. The summed E-state index contributed by atoms with van der Waals surface area (Å²) >= 11 is 0. The molecule has 1 aliphatic heterocycles. The van der Waals surface area contributed by atoms with Crippen molar-refractivity contribution in [3.05, 3.63) is 23.7 Å². The van der Waals surface area contributed by atoms with Gasteiger partial charge >= 0.3 is 0 Å². The molecule has 0 bridgehead atoms. The summed E-state index contributed by atoms with van der Waals surface area (Å²) in [6.45, 7) is 5.97. The number of likely N-dealkylation sites (tertiary alicyclic amines) is 1. The molecule has 4 N–H and O–H groups in total. The number of piperidine rings is 1. The number of rotatable bonds is 7. The smallest absolute Gasteiger partial charge is 0.284 e. The Kier molecular flexibility index (Phi) is 9.88. The lowest BCUT2D eigenvalue weighted by molar-refractivity contribution is 0.0972. The van der Waals surface area contributed by atoms with E-state index in [1.54, 1.807) is 19.2 Å². The van der Waals surface area contributed by atoms with Gasteiger partial charge in [0.2, 0.25) is 0 Å². The van der Waals surface area contributed by atoms with Crippen molar-refractivity contribution in [1.29, 1.82) is 0 Å². The van der Waals surface area contributed by atoms with Gasteiger partial charge < -0.3 is 25.7 Å². The third kappa shape index (κ3) is 7.23. The molecule has 0 aliphatic carbocycles. The molecule has 1 amide bonds. The van der Waals surface area contributed by atoms with Crippen LogP contribution in [0.2, 0.25) is 0 Å². The first-order valence-corrected chi connectivity index (χ1v) is 8.67. The fraction of sp³-hybridized carbons (Fsp3) is 0.647. The number of amides is 1. The van der Waals surface area contributed by atoms with Crippen LogP contribution in [0.5, 0.6) is 0 Å². The summed E-state index contributed by atoms with van der Waals surface area (Å²) in [6.07, 6.45) is 5.07. The number of halogens is 1. The predicted octanol–water partition coefficient (Wildman–Crippen LogP) is 1.93. The fourth-order valence-corrected chi connectivity index (χ4v) is 2.98. The first-order chi connectivity index (χ1) is 11.6. The Morgan fingerprint density at radius 3 is 2.84 bits per heavy atom. The number of carbonyl (C=O) groups is 1. The minimum atomic E-state index is -0.560. The van der Waals surface area contributed by atoms with Crippen LogP contribution in [0.3, 0.4) is 0 Å². The monoisotopic (exact) mass is 463 g/mol. The van der Waals surface area contributed by atoms with Crippen molar-refractivity contribution in [2.24, 2.45) is 10.7 Å². The fourth-order valence-electron chi connectivity index (χ4n) is 2.98. The average molecular weight is 463 g/mol. The van der Waals surface area contributed by atoms with Crippen molar-refractivity contribution in [3.63, 3.8) is 0 Å². The van der Waals surface area contributed by atoms with Gasteiger partial charge in [0, 0.05) is 26.2 Å². The highest BCUT2D eigenvalue weighted by atomic mass is 127. The van der Waals surface area contributed by atoms with Crippen LogP contribution < -0.4 is 16.4 Å². The molecule has 0 spiro atoms. The maximum absolute atomic E-state index is 11.0. The summed E-state index contributed by atoms with van der Waals surface area (Å²) < 4.78 is 5.33. The third-order valence-electron chi connectivity index (χ3n) is 4.41. The van der Waals surface area contributed by atoms with Crippen LogP contribution in [0.15, 0.2) is 21.5 Å². The molecule has 1 unspecified atom stereocenters. The minimum absolute atomic E-state index is 0. The van der Waals surface area contributed by atoms with Crippen molar-refractivity contribution in [2.75, 3.05) is 26.7 Å². The number of nitrogens with one attached hydrogen (secondary N) is 2. The molecule has 8 heteroatoms. The van der Waals surface area contributed by atoms with E-state index in [0.29, 0.717) is 18.3 Å². The van der Waals surface area contributed by atoms with Crippen molar-refractivity contribution in [3.8, 4) is 0 Å². The quantitative estimate of drug-likeness (QED) is 0.249. The lowest BCUT2D eigenvalue weighted by atomic mass is 10.0. The van der Waals surface area contributed by atoms with E-state index in [0.717, 1.165) is 25.5 Å². The Bertz CT molecular complexity index is 561. The standard InChI is InChI=1S/C17H29N5O2.HI/c1-13-6-3-4-10-22(13)11-5-9-20-17(19-2)21-12-14-7-8-15(24-14)16(18)23;/h7-8,13H,3-6,9-12H2,1-2H3,(H2,18,23)(H2,19,20,21);1H. The Hall–Kier alpha value is -1.29. The zero-order valence-corrected chi connectivity index (χ0v) is 17.4. The second-order valence-corrected chi connectivity index (χ2v) is 6.22. The van der Waals surface area contributed by atoms with Gasteiger partial charge in [-0.15, -0.1) is 24.0 Å². The zero-order chi connectivity index (χ0) is 17.4. The molecule has 0 radical (unpaired) electrons. The number of aliphatic imine (C=N–C) groups is 1. The number of hydrogen-bond donors (Lipinski definition) is 3. The van der Waals surface area contributed by atoms with Gasteiger partial charge in [-0.1, -0.05) is 6.42 Å². The van der Waals surface area contributed by atoms with Crippen LogP contribution in [0.1, 0.15) is 48.9 Å². The molecule has 0 aromatic carbocycles. The lowest BCUT2D eigenvalue weighted by Crippen LogP contribution is -2.41. The first-order valence-electron chi connectivity index (χ1n) is 8.67. The number of primary amides is 1. The van der Waals surface area contributed by atoms with Gasteiger partial charge in [-0.05, 0) is 44.9 Å². The molecule has 1 atom stereocenters. The summed E-state index contributed by atoms with van der Waals surface area (Å²) in [4.78, 5) is 17.8. The van der Waals surface area contributed by atoms with Gasteiger partial charge in [0.25, 0.3) is 5.91 Å². The first kappa shape index (κ1) is 21.8. The van der Waals surface area contributed by atoms with Crippen LogP contribution in [-0.2, 0) is 6.54 Å². The molecule has 25 heavy (non-hydrogen) atoms. The highest BCUT2D eigenvalue weighted by molar-refractivity contribution is 14.0. The number of hydrogen-bond acceptors (Lipinski definition) is 4. The highest BCUT2D eigenvalue weighted by Gasteiger charge is 2.17. The van der Waals surface area contributed by atoms with Gasteiger partial charge in [0.1, 0.15) is 5.76 Å². The van der Waals surface area contributed by atoms with Crippen LogP contribution in [0.4, 0.5) is 0 Å². The van der Waals surface area contributed by atoms with E-state index in [1.165, 1.54) is 25.8 Å². The van der Waals surface area contributed by atoms with Gasteiger partial charge in [-0.25, -0.2) is 0 Å². The summed E-state index contributed by atoms with van der Waals surface area (Å²) in [5.74, 6) is 0.980. The van der Waals surface area contributed by atoms with E-state index in [4.69, 9.17) is 10.2 Å². The molecular weight excluding hydrogens is 433 g/mol. The van der Waals surface area contributed by atoms with Crippen LogP contribution >= 0.6 is 24.0 Å². The van der Waals surface area contributed by atoms with E-state index in [1.807, 2.05) is 0 Å². The molecule has 7 nitrogen and oxygen atoms in total. The van der Waals surface area contributed by atoms with Gasteiger partial charge in [-0.2, -0.15) is 0 Å². The van der Waals surface area contributed by atoms with Gasteiger partial charge in [0.05, 0.1) is 6.54 Å². The van der Waals surface area contributed by atoms with Gasteiger partial charge in [0.15, 0.2) is 11.7 Å². The van der Waals surface area contributed by atoms with Crippen molar-refractivity contribution < 1.29 is 9.21 Å². The largest absolute Gasteiger partial charge is 0.454 e. The maximum Gasteiger partial charge on any atom is 0.284 e. The average Bonchev–Trinajstić information content (AvgIpc) is 3.05. The maximum atomic E-state index is 11.0. The van der Waals surface area contributed by atoms with Crippen molar-refractivity contribution in [1.82, 2.24) is 15.5 Å². The molecule has 2 heterocycles. The molecule has 1 saturated heterocycles. The third-order valence-corrected chi connectivity index (χ3v) is 4.41. The summed E-state index contributed by atoms with van der Waals surface area (Å²) in [5, 5.41) is 6.47. The number of furan rings is 1. The Balaban J connectivity index is 0.00000312.